The quantitative estimate of drug-likeness (QED) is 0.564. The number of aromatic hydroxyl groups is 1. The number of H-pyrrole nitrogens is 1. The van der Waals surface area contributed by atoms with Gasteiger partial charge in [0.15, 0.2) is 5.82 Å². The van der Waals surface area contributed by atoms with Gasteiger partial charge in [0.1, 0.15) is 10.4 Å². The molecule has 0 saturated heterocycles. The predicted octanol–water partition coefficient (Wildman–Crippen LogP) is 1.52. The van der Waals surface area contributed by atoms with Gasteiger partial charge in [-0.2, -0.15) is 0 Å². The molecule has 0 atom stereocenters. The molecule has 0 spiro atoms. The Labute approximate surface area is 124 Å². The molecular formula is C7H5BrFKN2O. The molecule has 0 radical (unpaired) electrons. The van der Waals surface area contributed by atoms with E-state index in [1.165, 1.54) is 6.20 Å². The van der Waals surface area contributed by atoms with Crippen molar-refractivity contribution in [2.45, 2.75) is 0 Å². The number of hydrogen-bond donors (Lipinski definition) is 2. The van der Waals surface area contributed by atoms with Crippen LogP contribution in [-0.2, 0) is 0 Å². The molecule has 2 heterocycles. The monoisotopic (exact) mass is 270 g/mol. The normalized spacial score (nSPS) is 10.0. The number of halogens is 2. The summed E-state index contributed by atoms with van der Waals surface area (Å²) in [6.45, 7) is 0. The number of nitrogens with zero attached hydrogens (tertiary/aromatic N) is 1. The number of fused-ring (bicyclic) bond motifs is 1. The van der Waals surface area contributed by atoms with Gasteiger partial charge in [-0.15, -0.1) is 0 Å². The summed E-state index contributed by atoms with van der Waals surface area (Å²) in [6, 6.07) is 0. The van der Waals surface area contributed by atoms with E-state index in [-0.39, 0.29) is 62.5 Å². The number of rotatable bonds is 0. The van der Waals surface area contributed by atoms with E-state index >= 15 is 0 Å². The molecule has 0 unspecified atom stereocenters. The third kappa shape index (κ3) is 1.98. The van der Waals surface area contributed by atoms with E-state index in [0.29, 0.717) is 10.1 Å². The van der Waals surface area contributed by atoms with Crippen LogP contribution in [0.4, 0.5) is 4.39 Å². The molecule has 2 rings (SSSR count). The maximum atomic E-state index is 13.0. The van der Waals surface area contributed by atoms with E-state index in [1.54, 1.807) is 0 Å². The molecule has 0 aliphatic heterocycles. The second-order valence-electron chi connectivity index (χ2n) is 2.32. The Morgan fingerprint density at radius 1 is 1.54 bits per heavy atom. The molecule has 0 bridgehead atoms. The summed E-state index contributed by atoms with van der Waals surface area (Å²) in [5.41, 5.74) is 0.465. The van der Waals surface area contributed by atoms with Gasteiger partial charge in [-0.05, 0) is 15.9 Å². The van der Waals surface area contributed by atoms with Gasteiger partial charge in [0.25, 0.3) is 0 Å². The molecule has 64 valence electrons. The summed E-state index contributed by atoms with van der Waals surface area (Å²) in [6.07, 6.45) is 2.38. The molecule has 2 aromatic rings. The molecule has 6 heteroatoms. The summed E-state index contributed by atoms with van der Waals surface area (Å²) in [4.78, 5) is 6.42. The Hall–Kier alpha value is 0.536. The number of nitrogens with one attached hydrogen (secondary N) is 1. The zero-order valence-electron chi connectivity index (χ0n) is 5.81. The van der Waals surface area contributed by atoms with Crippen molar-refractivity contribution in [2.75, 3.05) is 0 Å². The van der Waals surface area contributed by atoms with E-state index in [0.717, 1.165) is 6.20 Å². The summed E-state index contributed by atoms with van der Waals surface area (Å²) < 4.78 is 13.5. The summed E-state index contributed by atoms with van der Waals surface area (Å²) in [5.74, 6) is -0.641. The first-order chi connectivity index (χ1) is 5.70. The van der Waals surface area contributed by atoms with Crippen LogP contribution in [0.5, 0.6) is 5.75 Å². The predicted molar refractivity (Wildman–Crippen MR) is 52.6 cm³/mol. The molecule has 2 aromatic heterocycles. The van der Waals surface area contributed by atoms with Crippen LogP contribution in [0, 0.1) is 5.82 Å². The number of hydrogen-bond acceptors (Lipinski definition) is 2. The zero-order chi connectivity index (χ0) is 8.72. The average molecular weight is 271 g/mol. The van der Waals surface area contributed by atoms with E-state index in [4.69, 9.17) is 0 Å². The van der Waals surface area contributed by atoms with Crippen molar-refractivity contribution < 1.29 is 9.50 Å². The van der Waals surface area contributed by atoms with Crippen molar-refractivity contribution in [3.63, 3.8) is 0 Å². The first-order valence-corrected chi connectivity index (χ1v) is 3.99. The molecule has 0 amide bonds. The molecule has 0 aliphatic rings. The first kappa shape index (κ1) is 11.6. The molecule has 13 heavy (non-hydrogen) atoms. The zero-order valence-corrected chi connectivity index (χ0v) is 7.39. The van der Waals surface area contributed by atoms with Crippen LogP contribution >= 0.6 is 15.9 Å². The Morgan fingerprint density at radius 3 is 2.85 bits per heavy atom. The Kier molecular flexibility index (Phi) is 3.90. The molecule has 2 N–H and O–H groups in total. The Bertz CT molecular complexity index is 445. The number of aromatic nitrogens is 2. The minimum absolute atomic E-state index is 0. The van der Waals surface area contributed by atoms with Crippen LogP contribution in [0.3, 0.4) is 0 Å². The third-order valence-electron chi connectivity index (χ3n) is 1.60. The van der Waals surface area contributed by atoms with Crippen molar-refractivity contribution in [2.24, 2.45) is 0 Å². The molecule has 3 nitrogen and oxygen atoms in total. The first-order valence-electron chi connectivity index (χ1n) is 3.20. The van der Waals surface area contributed by atoms with E-state index < -0.39 is 5.82 Å². The van der Waals surface area contributed by atoms with Crippen LogP contribution in [0.15, 0.2) is 17.0 Å². The Balaban J connectivity index is 0.000000845. The average Bonchev–Trinajstić information content (AvgIpc) is 2.42. The van der Waals surface area contributed by atoms with Gasteiger partial charge in [-0.1, -0.05) is 0 Å². The van der Waals surface area contributed by atoms with E-state index in [9.17, 15) is 9.50 Å². The molecular weight excluding hydrogens is 266 g/mol. The summed E-state index contributed by atoms with van der Waals surface area (Å²) >= 11 is 3.12. The van der Waals surface area contributed by atoms with Crippen LogP contribution in [0.1, 0.15) is 0 Å². The maximum absolute atomic E-state index is 13.0. The van der Waals surface area contributed by atoms with Gasteiger partial charge >= 0.3 is 51.4 Å². The standard InChI is InChI=1S/C7H4BrFN2O.K.H/c8-7-6-5(3(9)1-11-7)4(12)2-10-6;;/h1-2,10,12H;;. The number of aromatic amines is 1. The summed E-state index contributed by atoms with van der Waals surface area (Å²) in [7, 11) is 0. The van der Waals surface area contributed by atoms with Gasteiger partial charge in [0, 0.05) is 6.20 Å². The van der Waals surface area contributed by atoms with Gasteiger partial charge in [0.05, 0.1) is 17.1 Å². The molecule has 0 saturated carbocycles. The Morgan fingerprint density at radius 2 is 2.23 bits per heavy atom. The fourth-order valence-electron chi connectivity index (χ4n) is 1.06. The van der Waals surface area contributed by atoms with Crippen LogP contribution in [0.25, 0.3) is 10.9 Å². The van der Waals surface area contributed by atoms with Gasteiger partial charge < -0.3 is 10.1 Å². The SMILES string of the molecule is Oc1c[nH]c2c(Br)ncc(F)c12.[KH]. The topological polar surface area (TPSA) is 48.9 Å². The summed E-state index contributed by atoms with van der Waals surface area (Å²) in [5, 5.41) is 9.36. The van der Waals surface area contributed by atoms with Crippen molar-refractivity contribution in [3.8, 4) is 5.75 Å². The van der Waals surface area contributed by atoms with E-state index in [2.05, 4.69) is 25.9 Å². The molecule has 0 aromatic carbocycles. The fraction of sp³-hybridized carbons (Fsp3) is 0. The van der Waals surface area contributed by atoms with Crippen molar-refractivity contribution in [1.29, 1.82) is 0 Å². The second-order valence-corrected chi connectivity index (χ2v) is 3.07. The van der Waals surface area contributed by atoms with Crippen LogP contribution in [0.2, 0.25) is 0 Å². The van der Waals surface area contributed by atoms with Gasteiger partial charge in [-0.25, -0.2) is 9.37 Å². The fourth-order valence-corrected chi connectivity index (χ4v) is 1.47. The molecule has 0 aliphatic carbocycles. The van der Waals surface area contributed by atoms with E-state index in [1.807, 2.05) is 0 Å². The van der Waals surface area contributed by atoms with Crippen molar-refractivity contribution in [1.82, 2.24) is 9.97 Å². The van der Waals surface area contributed by atoms with Crippen molar-refractivity contribution in [3.05, 3.63) is 22.8 Å². The third-order valence-corrected chi connectivity index (χ3v) is 2.20. The van der Waals surface area contributed by atoms with Crippen molar-refractivity contribution >= 4 is 78.2 Å². The van der Waals surface area contributed by atoms with Gasteiger partial charge in [0.2, 0.25) is 0 Å². The molecule has 0 fully saturated rings. The minimum atomic E-state index is -0.535. The second kappa shape index (κ2) is 4.37. The van der Waals surface area contributed by atoms with Gasteiger partial charge in [-0.3, -0.25) is 0 Å². The number of pyridine rings is 1. The van der Waals surface area contributed by atoms with Crippen LogP contribution in [-0.4, -0.2) is 66.5 Å². The van der Waals surface area contributed by atoms with Crippen LogP contribution < -0.4 is 0 Å².